The minimum atomic E-state index is 0.456. The summed E-state index contributed by atoms with van der Waals surface area (Å²) in [6, 6.07) is 9.98. The fourth-order valence-corrected chi connectivity index (χ4v) is 2.14. The van der Waals surface area contributed by atoms with Gasteiger partial charge >= 0.3 is 0 Å². The third-order valence-corrected chi connectivity index (χ3v) is 3.94. The minimum Gasteiger partial charge on any atom is -0.313 e. The lowest BCUT2D eigenvalue weighted by Gasteiger charge is -2.26. The van der Waals surface area contributed by atoms with Gasteiger partial charge in [-0.05, 0) is 52.9 Å². The van der Waals surface area contributed by atoms with Crippen LogP contribution in [0.1, 0.15) is 43.9 Å². The molecule has 0 heterocycles. The Morgan fingerprint density at radius 1 is 1.22 bits per heavy atom. The normalized spacial score (nSPS) is 14.8. The van der Waals surface area contributed by atoms with Gasteiger partial charge in [0.1, 0.15) is 0 Å². The summed E-state index contributed by atoms with van der Waals surface area (Å²) in [7, 11) is 4.27. The minimum absolute atomic E-state index is 0.456. The van der Waals surface area contributed by atoms with Gasteiger partial charge < -0.3 is 10.2 Å². The zero-order valence-electron chi connectivity index (χ0n) is 12.5. The summed E-state index contributed by atoms with van der Waals surface area (Å²) in [5.74, 6) is 0. The molecule has 2 unspecified atom stereocenters. The average Bonchev–Trinajstić information content (AvgIpc) is 2.40. The highest BCUT2D eigenvalue weighted by Gasteiger charge is 2.12. The van der Waals surface area contributed by atoms with Crippen molar-refractivity contribution in [1.82, 2.24) is 10.2 Å². The maximum absolute atomic E-state index is 3.42. The van der Waals surface area contributed by atoms with Crippen LogP contribution in [0.2, 0.25) is 0 Å². The highest BCUT2D eigenvalue weighted by atomic mass is 15.1. The summed E-state index contributed by atoms with van der Waals surface area (Å²) >= 11 is 0. The first-order valence-corrected chi connectivity index (χ1v) is 7.02. The van der Waals surface area contributed by atoms with E-state index in [0.29, 0.717) is 12.1 Å². The van der Waals surface area contributed by atoms with Crippen LogP contribution < -0.4 is 5.32 Å². The first-order valence-electron chi connectivity index (χ1n) is 7.02. The summed E-state index contributed by atoms with van der Waals surface area (Å²) in [6.45, 7) is 7.81. The van der Waals surface area contributed by atoms with Crippen LogP contribution in [0.4, 0.5) is 0 Å². The molecule has 0 aliphatic carbocycles. The van der Waals surface area contributed by atoms with E-state index in [1.165, 1.54) is 17.5 Å². The molecule has 18 heavy (non-hydrogen) atoms. The van der Waals surface area contributed by atoms with Crippen LogP contribution in [0.15, 0.2) is 24.3 Å². The van der Waals surface area contributed by atoms with Gasteiger partial charge in [-0.1, -0.05) is 36.8 Å². The zero-order valence-corrected chi connectivity index (χ0v) is 12.5. The number of nitrogens with zero attached hydrogens (tertiary/aromatic N) is 1. The van der Waals surface area contributed by atoms with Gasteiger partial charge in [0, 0.05) is 12.1 Å². The Hall–Kier alpha value is -0.860. The van der Waals surface area contributed by atoms with Crippen molar-refractivity contribution < 1.29 is 0 Å². The van der Waals surface area contributed by atoms with E-state index in [4.69, 9.17) is 0 Å². The van der Waals surface area contributed by atoms with Crippen molar-refractivity contribution in [2.24, 2.45) is 0 Å². The number of hydrogen-bond acceptors (Lipinski definition) is 2. The van der Waals surface area contributed by atoms with Gasteiger partial charge in [0.2, 0.25) is 0 Å². The molecule has 0 bridgehead atoms. The lowest BCUT2D eigenvalue weighted by atomic mass is 10.0. The Bertz CT molecular complexity index is 331. The van der Waals surface area contributed by atoms with E-state index in [1.807, 2.05) is 7.05 Å². The Kier molecular flexibility index (Phi) is 6.37. The molecule has 102 valence electrons. The first kappa shape index (κ1) is 15.2. The van der Waals surface area contributed by atoms with E-state index in [9.17, 15) is 0 Å². The van der Waals surface area contributed by atoms with Crippen molar-refractivity contribution in [2.45, 2.75) is 45.7 Å². The summed E-state index contributed by atoms with van der Waals surface area (Å²) in [6.07, 6.45) is 2.37. The second-order valence-corrected chi connectivity index (χ2v) is 5.28. The van der Waals surface area contributed by atoms with Crippen molar-refractivity contribution in [1.29, 1.82) is 0 Å². The molecule has 0 radical (unpaired) electrons. The van der Waals surface area contributed by atoms with Crippen LogP contribution in [0.25, 0.3) is 0 Å². The maximum Gasteiger partial charge on any atom is 0.0329 e. The molecule has 0 aliphatic rings. The molecule has 2 atom stereocenters. The van der Waals surface area contributed by atoms with Crippen molar-refractivity contribution in [3.63, 3.8) is 0 Å². The van der Waals surface area contributed by atoms with E-state index in [-0.39, 0.29) is 0 Å². The monoisotopic (exact) mass is 248 g/mol. The first-order chi connectivity index (χ1) is 8.58. The van der Waals surface area contributed by atoms with Crippen molar-refractivity contribution in [3.05, 3.63) is 35.4 Å². The smallest absolute Gasteiger partial charge is 0.0329 e. The summed E-state index contributed by atoms with van der Waals surface area (Å²) in [5.41, 5.74) is 2.71. The summed E-state index contributed by atoms with van der Waals surface area (Å²) in [4.78, 5) is 2.44. The van der Waals surface area contributed by atoms with Crippen molar-refractivity contribution >= 4 is 0 Å². The number of nitrogens with one attached hydrogen (secondary N) is 1. The molecular formula is C16H28N2. The third kappa shape index (κ3) is 4.43. The second kappa shape index (κ2) is 7.55. The van der Waals surface area contributed by atoms with Crippen LogP contribution in [0.3, 0.4) is 0 Å². The summed E-state index contributed by atoms with van der Waals surface area (Å²) in [5, 5.41) is 3.42. The number of benzene rings is 1. The number of aryl methyl sites for hydroxylation is 1. The molecule has 0 aliphatic heterocycles. The van der Waals surface area contributed by atoms with E-state index in [1.54, 1.807) is 0 Å². The molecule has 1 rings (SSSR count). The lowest BCUT2D eigenvalue weighted by molar-refractivity contribution is 0.239. The zero-order chi connectivity index (χ0) is 13.5. The third-order valence-electron chi connectivity index (χ3n) is 3.94. The van der Waals surface area contributed by atoms with Gasteiger partial charge in [-0.25, -0.2) is 0 Å². The van der Waals surface area contributed by atoms with Crippen LogP contribution in [-0.4, -0.2) is 31.6 Å². The van der Waals surface area contributed by atoms with E-state index in [0.717, 1.165) is 13.0 Å². The highest BCUT2D eigenvalue weighted by molar-refractivity contribution is 5.24. The largest absolute Gasteiger partial charge is 0.313 e. The number of hydrogen-bond donors (Lipinski definition) is 1. The molecule has 0 fully saturated rings. The predicted molar refractivity (Wildman–Crippen MR) is 80.0 cm³/mol. The standard InChI is InChI=1S/C16H28N2/c1-6-14(3)18(5)12-11-16(17-4)15-9-7-13(2)8-10-15/h7-10,14,16-17H,6,11-12H2,1-5H3. The molecule has 0 amide bonds. The van der Waals surface area contributed by atoms with E-state index in [2.05, 4.69) is 62.3 Å². The molecular weight excluding hydrogens is 220 g/mol. The highest BCUT2D eigenvalue weighted by Crippen LogP contribution is 2.18. The second-order valence-electron chi connectivity index (χ2n) is 5.28. The Balaban J connectivity index is 2.54. The average molecular weight is 248 g/mol. The Labute approximate surface area is 112 Å². The molecule has 1 aromatic rings. The predicted octanol–water partition coefficient (Wildman–Crippen LogP) is 3.38. The molecule has 0 spiro atoms. The molecule has 0 aromatic heterocycles. The van der Waals surface area contributed by atoms with Crippen LogP contribution in [-0.2, 0) is 0 Å². The molecule has 1 N–H and O–H groups in total. The Morgan fingerprint density at radius 2 is 1.83 bits per heavy atom. The topological polar surface area (TPSA) is 15.3 Å². The van der Waals surface area contributed by atoms with E-state index >= 15 is 0 Å². The molecule has 0 saturated heterocycles. The fraction of sp³-hybridized carbons (Fsp3) is 0.625. The van der Waals surface area contributed by atoms with Gasteiger partial charge in [-0.15, -0.1) is 0 Å². The quantitative estimate of drug-likeness (QED) is 0.796. The van der Waals surface area contributed by atoms with Gasteiger partial charge in [-0.3, -0.25) is 0 Å². The van der Waals surface area contributed by atoms with Crippen molar-refractivity contribution in [2.75, 3.05) is 20.6 Å². The van der Waals surface area contributed by atoms with Crippen LogP contribution >= 0.6 is 0 Å². The van der Waals surface area contributed by atoms with Crippen molar-refractivity contribution in [3.8, 4) is 0 Å². The maximum atomic E-state index is 3.42. The molecule has 2 heteroatoms. The molecule has 0 saturated carbocycles. The summed E-state index contributed by atoms with van der Waals surface area (Å²) < 4.78 is 0. The lowest BCUT2D eigenvalue weighted by Crippen LogP contribution is -2.31. The fourth-order valence-electron chi connectivity index (χ4n) is 2.14. The van der Waals surface area contributed by atoms with Gasteiger partial charge in [-0.2, -0.15) is 0 Å². The molecule has 1 aromatic carbocycles. The number of rotatable bonds is 7. The van der Waals surface area contributed by atoms with Crippen LogP contribution in [0.5, 0.6) is 0 Å². The van der Waals surface area contributed by atoms with Gasteiger partial charge in [0.25, 0.3) is 0 Å². The van der Waals surface area contributed by atoms with Gasteiger partial charge in [0.15, 0.2) is 0 Å². The van der Waals surface area contributed by atoms with E-state index < -0.39 is 0 Å². The van der Waals surface area contributed by atoms with Gasteiger partial charge in [0.05, 0.1) is 0 Å². The molecule has 2 nitrogen and oxygen atoms in total. The Morgan fingerprint density at radius 3 is 2.33 bits per heavy atom. The van der Waals surface area contributed by atoms with Crippen LogP contribution in [0, 0.1) is 6.92 Å². The SMILES string of the molecule is CCC(C)N(C)CCC(NC)c1ccc(C)cc1.